The highest BCUT2D eigenvalue weighted by Crippen LogP contribution is 2.12. The Balaban J connectivity index is 1.61. The SMILES string of the molecule is O=C(NCc1ccncc1)c1cc(NCc2ccccc2F)ccn1. The molecule has 0 aliphatic rings. The Bertz CT molecular complexity index is 855. The van der Waals surface area contributed by atoms with E-state index >= 15 is 0 Å². The highest BCUT2D eigenvalue weighted by atomic mass is 19.1. The van der Waals surface area contributed by atoms with Gasteiger partial charge in [-0.1, -0.05) is 18.2 Å². The van der Waals surface area contributed by atoms with Gasteiger partial charge in [-0.25, -0.2) is 4.39 Å². The van der Waals surface area contributed by atoms with Crippen molar-refractivity contribution in [3.8, 4) is 0 Å². The second-order valence-corrected chi connectivity index (χ2v) is 5.41. The third-order valence-electron chi connectivity index (χ3n) is 3.64. The second kappa shape index (κ2) is 8.01. The molecule has 0 aliphatic carbocycles. The number of benzene rings is 1. The molecular weight excluding hydrogens is 319 g/mol. The molecule has 126 valence electrons. The molecule has 2 heterocycles. The minimum atomic E-state index is -0.272. The van der Waals surface area contributed by atoms with Crippen LogP contribution in [0.4, 0.5) is 10.1 Å². The molecule has 1 amide bonds. The number of aromatic nitrogens is 2. The number of pyridine rings is 2. The molecule has 0 bridgehead atoms. The molecule has 1 aromatic carbocycles. The van der Waals surface area contributed by atoms with E-state index in [1.165, 1.54) is 6.07 Å². The van der Waals surface area contributed by atoms with Crippen molar-refractivity contribution in [1.29, 1.82) is 0 Å². The van der Waals surface area contributed by atoms with Crippen LogP contribution in [0.15, 0.2) is 67.1 Å². The quantitative estimate of drug-likeness (QED) is 0.726. The molecule has 0 unspecified atom stereocenters. The van der Waals surface area contributed by atoms with E-state index in [4.69, 9.17) is 0 Å². The van der Waals surface area contributed by atoms with Crippen LogP contribution in [0.1, 0.15) is 21.6 Å². The molecular formula is C19H17FN4O. The van der Waals surface area contributed by atoms with Crippen LogP contribution in [0, 0.1) is 5.82 Å². The molecule has 2 aromatic heterocycles. The number of carbonyl (C=O) groups is 1. The first-order valence-electron chi connectivity index (χ1n) is 7.83. The Hall–Kier alpha value is -3.28. The average Bonchev–Trinajstić information content (AvgIpc) is 2.66. The maximum absolute atomic E-state index is 13.6. The summed E-state index contributed by atoms with van der Waals surface area (Å²) in [6.45, 7) is 0.727. The molecule has 0 spiro atoms. The van der Waals surface area contributed by atoms with Crippen molar-refractivity contribution in [2.24, 2.45) is 0 Å². The van der Waals surface area contributed by atoms with Gasteiger partial charge in [-0.15, -0.1) is 0 Å². The van der Waals surface area contributed by atoms with E-state index in [0.717, 1.165) is 5.56 Å². The van der Waals surface area contributed by atoms with Gasteiger partial charge in [0.15, 0.2) is 0 Å². The molecule has 0 fully saturated rings. The van der Waals surface area contributed by atoms with Crippen molar-refractivity contribution in [1.82, 2.24) is 15.3 Å². The highest BCUT2D eigenvalue weighted by Gasteiger charge is 2.08. The van der Waals surface area contributed by atoms with E-state index in [9.17, 15) is 9.18 Å². The van der Waals surface area contributed by atoms with Crippen LogP contribution in [-0.2, 0) is 13.1 Å². The fraction of sp³-hybridized carbons (Fsp3) is 0.105. The second-order valence-electron chi connectivity index (χ2n) is 5.41. The predicted molar refractivity (Wildman–Crippen MR) is 93.4 cm³/mol. The van der Waals surface area contributed by atoms with Crippen molar-refractivity contribution < 1.29 is 9.18 Å². The topological polar surface area (TPSA) is 66.9 Å². The maximum atomic E-state index is 13.6. The summed E-state index contributed by atoms with van der Waals surface area (Å²) in [6.07, 6.45) is 4.89. The summed E-state index contributed by atoms with van der Waals surface area (Å²) in [4.78, 5) is 20.2. The lowest BCUT2D eigenvalue weighted by molar-refractivity contribution is 0.0946. The van der Waals surface area contributed by atoms with Crippen LogP contribution in [0.25, 0.3) is 0 Å². The average molecular weight is 336 g/mol. The summed E-state index contributed by atoms with van der Waals surface area (Å²) in [7, 11) is 0. The molecule has 2 N–H and O–H groups in total. The molecule has 0 aliphatic heterocycles. The van der Waals surface area contributed by atoms with Crippen LogP contribution < -0.4 is 10.6 Å². The zero-order valence-electron chi connectivity index (χ0n) is 13.4. The number of halogens is 1. The van der Waals surface area contributed by atoms with E-state index in [1.807, 2.05) is 12.1 Å². The van der Waals surface area contributed by atoms with Crippen molar-refractivity contribution >= 4 is 11.6 Å². The monoisotopic (exact) mass is 336 g/mol. The van der Waals surface area contributed by atoms with Gasteiger partial charge in [-0.05, 0) is 35.9 Å². The van der Waals surface area contributed by atoms with E-state index in [2.05, 4.69) is 20.6 Å². The number of amides is 1. The minimum absolute atomic E-state index is 0.264. The van der Waals surface area contributed by atoms with Gasteiger partial charge in [-0.2, -0.15) is 0 Å². The molecule has 5 nitrogen and oxygen atoms in total. The number of hydrogen-bond acceptors (Lipinski definition) is 4. The Morgan fingerprint density at radius 2 is 1.80 bits per heavy atom. The fourth-order valence-corrected chi connectivity index (χ4v) is 2.28. The lowest BCUT2D eigenvalue weighted by atomic mass is 10.2. The van der Waals surface area contributed by atoms with E-state index < -0.39 is 0 Å². The summed E-state index contributed by atoms with van der Waals surface area (Å²) in [5.41, 5.74) is 2.51. The van der Waals surface area contributed by atoms with Crippen molar-refractivity contribution in [3.05, 3.63) is 89.8 Å². The number of anilines is 1. The molecule has 25 heavy (non-hydrogen) atoms. The normalized spacial score (nSPS) is 10.3. The lowest BCUT2D eigenvalue weighted by Crippen LogP contribution is -2.23. The maximum Gasteiger partial charge on any atom is 0.270 e. The lowest BCUT2D eigenvalue weighted by Gasteiger charge is -2.09. The molecule has 3 rings (SSSR count). The minimum Gasteiger partial charge on any atom is -0.381 e. The standard InChI is InChI=1S/C19H17FN4O/c20-17-4-2-1-3-15(17)13-23-16-7-10-22-18(11-16)19(25)24-12-14-5-8-21-9-6-14/h1-11H,12-13H2,(H,22,23)(H,24,25). The first-order chi connectivity index (χ1) is 12.2. The third kappa shape index (κ3) is 4.60. The predicted octanol–water partition coefficient (Wildman–Crippen LogP) is 3.16. The van der Waals surface area contributed by atoms with Crippen molar-refractivity contribution in [2.45, 2.75) is 13.1 Å². The van der Waals surface area contributed by atoms with Crippen LogP contribution >= 0.6 is 0 Å². The van der Waals surface area contributed by atoms with Gasteiger partial charge in [-0.3, -0.25) is 14.8 Å². The number of nitrogens with one attached hydrogen (secondary N) is 2. The Kier molecular flexibility index (Phi) is 5.31. The largest absolute Gasteiger partial charge is 0.381 e. The van der Waals surface area contributed by atoms with Gasteiger partial charge < -0.3 is 10.6 Å². The first-order valence-corrected chi connectivity index (χ1v) is 7.83. The number of nitrogens with zero attached hydrogens (tertiary/aromatic N) is 2. The van der Waals surface area contributed by atoms with Gasteiger partial charge in [0.1, 0.15) is 11.5 Å². The smallest absolute Gasteiger partial charge is 0.270 e. The Labute approximate surface area is 145 Å². The molecule has 6 heteroatoms. The van der Waals surface area contributed by atoms with Gasteiger partial charge in [0.2, 0.25) is 0 Å². The summed E-state index contributed by atoms with van der Waals surface area (Å²) >= 11 is 0. The Morgan fingerprint density at radius 3 is 2.60 bits per heavy atom. The summed E-state index contributed by atoms with van der Waals surface area (Å²) in [6, 6.07) is 13.6. The molecule has 3 aromatic rings. The van der Waals surface area contributed by atoms with Gasteiger partial charge in [0.05, 0.1) is 0 Å². The number of hydrogen-bond donors (Lipinski definition) is 2. The van der Waals surface area contributed by atoms with E-state index in [1.54, 1.807) is 48.9 Å². The van der Waals surface area contributed by atoms with Crippen LogP contribution in [0.5, 0.6) is 0 Å². The van der Waals surface area contributed by atoms with Crippen LogP contribution in [-0.4, -0.2) is 15.9 Å². The molecule has 0 radical (unpaired) electrons. The number of rotatable bonds is 6. The molecule has 0 saturated heterocycles. The first kappa shape index (κ1) is 16.6. The van der Waals surface area contributed by atoms with Gasteiger partial charge in [0.25, 0.3) is 5.91 Å². The number of carbonyl (C=O) groups excluding carboxylic acids is 1. The zero-order valence-corrected chi connectivity index (χ0v) is 13.4. The summed E-state index contributed by atoms with van der Waals surface area (Å²) < 4.78 is 13.6. The Morgan fingerprint density at radius 1 is 1.00 bits per heavy atom. The van der Waals surface area contributed by atoms with Gasteiger partial charge >= 0.3 is 0 Å². The van der Waals surface area contributed by atoms with Gasteiger partial charge in [0, 0.05) is 42.9 Å². The fourth-order valence-electron chi connectivity index (χ4n) is 2.28. The third-order valence-corrected chi connectivity index (χ3v) is 3.64. The van der Waals surface area contributed by atoms with Crippen LogP contribution in [0.3, 0.4) is 0 Å². The van der Waals surface area contributed by atoms with Crippen molar-refractivity contribution in [2.75, 3.05) is 5.32 Å². The molecule has 0 saturated carbocycles. The van der Waals surface area contributed by atoms with E-state index in [-0.39, 0.29) is 11.7 Å². The summed E-state index contributed by atoms with van der Waals surface area (Å²) in [5.74, 6) is -0.536. The molecule has 0 atom stereocenters. The summed E-state index contributed by atoms with van der Waals surface area (Å²) in [5, 5.41) is 5.91. The zero-order chi connectivity index (χ0) is 17.5. The van der Waals surface area contributed by atoms with Crippen LogP contribution in [0.2, 0.25) is 0 Å². The van der Waals surface area contributed by atoms with E-state index in [0.29, 0.717) is 30.0 Å². The van der Waals surface area contributed by atoms with Crippen molar-refractivity contribution in [3.63, 3.8) is 0 Å². The highest BCUT2D eigenvalue weighted by molar-refractivity contribution is 5.93.